The Bertz CT molecular complexity index is 503. The topological polar surface area (TPSA) is 75.6 Å². The molecule has 2 N–H and O–H groups in total. The zero-order valence-corrected chi connectivity index (χ0v) is 10.2. The predicted octanol–water partition coefficient (Wildman–Crippen LogP) is 1.43. The Balaban J connectivity index is 2.05. The number of carbonyl (C=O) groups excluding carboxylic acids is 1. The van der Waals surface area contributed by atoms with E-state index in [9.17, 15) is 14.0 Å². The van der Waals surface area contributed by atoms with Crippen LogP contribution in [-0.2, 0) is 4.79 Å². The molecule has 1 amide bonds. The molecule has 1 fully saturated rings. The van der Waals surface area contributed by atoms with Crippen LogP contribution in [0, 0.1) is 11.7 Å². The number of ether oxygens (including phenoxy) is 1. The Labute approximate surface area is 109 Å². The molecule has 0 radical (unpaired) electrons. The van der Waals surface area contributed by atoms with Crippen molar-refractivity contribution in [3.63, 3.8) is 0 Å². The highest BCUT2D eigenvalue weighted by Gasteiger charge is 2.22. The van der Waals surface area contributed by atoms with Crippen LogP contribution in [0.25, 0.3) is 0 Å². The number of piperidine rings is 1. The molecule has 0 saturated carbocycles. The van der Waals surface area contributed by atoms with E-state index < -0.39 is 17.3 Å². The van der Waals surface area contributed by atoms with E-state index in [0.717, 1.165) is 12.5 Å². The van der Waals surface area contributed by atoms with Crippen molar-refractivity contribution >= 4 is 11.9 Å². The molecule has 1 aliphatic heterocycles. The second kappa shape index (κ2) is 5.69. The van der Waals surface area contributed by atoms with Crippen molar-refractivity contribution in [2.45, 2.75) is 12.8 Å². The lowest BCUT2D eigenvalue weighted by molar-refractivity contribution is -0.123. The van der Waals surface area contributed by atoms with Gasteiger partial charge in [-0.25, -0.2) is 9.18 Å². The molecule has 1 saturated heterocycles. The first kappa shape index (κ1) is 13.3. The van der Waals surface area contributed by atoms with Gasteiger partial charge in [-0.15, -0.1) is 0 Å². The SMILES string of the molecule is O=C1CC(COc2cccc(F)c2C(=O)O)CCN1. The standard InChI is InChI=1S/C13H14FNO4/c14-9-2-1-3-10(12(9)13(17)18)19-7-8-4-5-15-11(16)6-8/h1-3,8H,4-7H2,(H,15,16)(H,17,18). The maximum atomic E-state index is 13.4. The summed E-state index contributed by atoms with van der Waals surface area (Å²) < 4.78 is 18.8. The van der Waals surface area contributed by atoms with Crippen LogP contribution in [0.15, 0.2) is 18.2 Å². The Hall–Kier alpha value is -2.11. The fourth-order valence-electron chi connectivity index (χ4n) is 2.03. The monoisotopic (exact) mass is 267 g/mol. The van der Waals surface area contributed by atoms with E-state index in [4.69, 9.17) is 9.84 Å². The normalized spacial score (nSPS) is 18.8. The van der Waals surface area contributed by atoms with Crippen LogP contribution in [0.5, 0.6) is 5.75 Å². The van der Waals surface area contributed by atoms with Gasteiger partial charge in [0, 0.05) is 18.9 Å². The molecule has 1 aromatic rings. The van der Waals surface area contributed by atoms with Crippen molar-refractivity contribution in [1.29, 1.82) is 0 Å². The summed E-state index contributed by atoms with van der Waals surface area (Å²) in [6, 6.07) is 3.88. The molecule has 1 aliphatic rings. The lowest BCUT2D eigenvalue weighted by Crippen LogP contribution is -2.35. The third-order valence-electron chi connectivity index (χ3n) is 3.01. The van der Waals surface area contributed by atoms with Gasteiger partial charge < -0.3 is 15.2 Å². The van der Waals surface area contributed by atoms with Gasteiger partial charge in [0.15, 0.2) is 0 Å². The van der Waals surface area contributed by atoms with E-state index in [2.05, 4.69) is 5.32 Å². The summed E-state index contributed by atoms with van der Waals surface area (Å²) >= 11 is 0. The summed E-state index contributed by atoms with van der Waals surface area (Å²) in [5.74, 6) is -2.21. The fraction of sp³-hybridized carbons (Fsp3) is 0.385. The van der Waals surface area contributed by atoms with Crippen LogP contribution in [0.1, 0.15) is 23.2 Å². The van der Waals surface area contributed by atoms with Gasteiger partial charge in [0.1, 0.15) is 17.1 Å². The van der Waals surface area contributed by atoms with E-state index in [-0.39, 0.29) is 24.2 Å². The van der Waals surface area contributed by atoms with Crippen LogP contribution in [0.4, 0.5) is 4.39 Å². The van der Waals surface area contributed by atoms with Gasteiger partial charge in [0.25, 0.3) is 0 Å². The molecule has 1 heterocycles. The summed E-state index contributed by atoms with van der Waals surface area (Å²) in [4.78, 5) is 22.2. The second-order valence-corrected chi connectivity index (χ2v) is 4.44. The highest BCUT2D eigenvalue weighted by Crippen LogP contribution is 2.23. The number of benzene rings is 1. The lowest BCUT2D eigenvalue weighted by Gasteiger charge is -2.22. The van der Waals surface area contributed by atoms with Crippen LogP contribution < -0.4 is 10.1 Å². The van der Waals surface area contributed by atoms with E-state index in [1.165, 1.54) is 12.1 Å². The molecule has 1 unspecified atom stereocenters. The zero-order valence-electron chi connectivity index (χ0n) is 10.2. The summed E-state index contributed by atoms with van der Waals surface area (Å²) in [5, 5.41) is 11.6. The number of halogens is 1. The number of hydrogen-bond donors (Lipinski definition) is 2. The van der Waals surface area contributed by atoms with Gasteiger partial charge in [-0.3, -0.25) is 4.79 Å². The van der Waals surface area contributed by atoms with Crippen molar-refractivity contribution in [3.05, 3.63) is 29.6 Å². The summed E-state index contributed by atoms with van der Waals surface area (Å²) in [7, 11) is 0. The molecule has 102 valence electrons. The minimum Gasteiger partial charge on any atom is -0.492 e. The number of aromatic carboxylic acids is 1. The Morgan fingerprint density at radius 3 is 3.00 bits per heavy atom. The summed E-state index contributed by atoms with van der Waals surface area (Å²) in [5.41, 5.74) is -0.470. The zero-order chi connectivity index (χ0) is 13.8. The number of hydrogen-bond acceptors (Lipinski definition) is 3. The van der Waals surface area contributed by atoms with Crippen molar-refractivity contribution < 1.29 is 23.8 Å². The Kier molecular flexibility index (Phi) is 3.99. The number of rotatable bonds is 4. The van der Waals surface area contributed by atoms with Crippen molar-refractivity contribution in [1.82, 2.24) is 5.32 Å². The molecule has 5 nitrogen and oxygen atoms in total. The van der Waals surface area contributed by atoms with Gasteiger partial charge in [0.2, 0.25) is 5.91 Å². The average Bonchev–Trinajstić information content (AvgIpc) is 2.36. The van der Waals surface area contributed by atoms with Gasteiger partial charge in [-0.05, 0) is 18.6 Å². The largest absolute Gasteiger partial charge is 0.492 e. The van der Waals surface area contributed by atoms with Crippen LogP contribution in [0.2, 0.25) is 0 Å². The summed E-state index contributed by atoms with van der Waals surface area (Å²) in [6.07, 6.45) is 1.11. The third kappa shape index (κ3) is 3.21. The maximum absolute atomic E-state index is 13.4. The molecule has 0 bridgehead atoms. The minimum atomic E-state index is -1.37. The molecule has 0 spiro atoms. The molecule has 19 heavy (non-hydrogen) atoms. The Morgan fingerprint density at radius 1 is 1.53 bits per heavy atom. The molecule has 6 heteroatoms. The number of carbonyl (C=O) groups is 2. The van der Waals surface area contributed by atoms with Crippen molar-refractivity contribution in [3.8, 4) is 5.75 Å². The molecule has 2 rings (SSSR count). The lowest BCUT2D eigenvalue weighted by atomic mass is 9.99. The van der Waals surface area contributed by atoms with Gasteiger partial charge in [0.05, 0.1) is 6.61 Å². The van der Waals surface area contributed by atoms with Gasteiger partial charge >= 0.3 is 5.97 Å². The molecular weight excluding hydrogens is 253 g/mol. The molecule has 0 aromatic heterocycles. The molecule has 1 atom stereocenters. The van der Waals surface area contributed by atoms with Gasteiger partial charge in [-0.1, -0.05) is 6.07 Å². The third-order valence-corrected chi connectivity index (χ3v) is 3.01. The smallest absolute Gasteiger partial charge is 0.342 e. The van der Waals surface area contributed by atoms with E-state index in [0.29, 0.717) is 13.0 Å². The van der Waals surface area contributed by atoms with E-state index >= 15 is 0 Å². The molecule has 1 aromatic carbocycles. The van der Waals surface area contributed by atoms with Crippen molar-refractivity contribution in [2.75, 3.05) is 13.2 Å². The number of amides is 1. The average molecular weight is 267 g/mol. The van der Waals surface area contributed by atoms with Crippen LogP contribution >= 0.6 is 0 Å². The second-order valence-electron chi connectivity index (χ2n) is 4.44. The number of nitrogens with one attached hydrogen (secondary N) is 1. The highest BCUT2D eigenvalue weighted by molar-refractivity contribution is 5.91. The summed E-state index contributed by atoms with van der Waals surface area (Å²) in [6.45, 7) is 0.791. The predicted molar refractivity (Wildman–Crippen MR) is 64.6 cm³/mol. The van der Waals surface area contributed by atoms with Crippen molar-refractivity contribution in [2.24, 2.45) is 5.92 Å². The fourth-order valence-corrected chi connectivity index (χ4v) is 2.03. The first-order chi connectivity index (χ1) is 9.08. The Morgan fingerprint density at radius 2 is 2.32 bits per heavy atom. The molecule has 0 aliphatic carbocycles. The van der Waals surface area contributed by atoms with Gasteiger partial charge in [-0.2, -0.15) is 0 Å². The first-order valence-corrected chi connectivity index (χ1v) is 5.99. The van der Waals surface area contributed by atoms with Crippen LogP contribution in [-0.4, -0.2) is 30.1 Å². The first-order valence-electron chi connectivity index (χ1n) is 5.99. The van der Waals surface area contributed by atoms with Crippen LogP contribution in [0.3, 0.4) is 0 Å². The number of carboxylic acids is 1. The van der Waals surface area contributed by atoms with E-state index in [1.807, 2.05) is 0 Å². The quantitative estimate of drug-likeness (QED) is 0.865. The molecular formula is C13H14FNO4. The number of carboxylic acid groups (broad SMARTS) is 1. The highest BCUT2D eigenvalue weighted by atomic mass is 19.1. The van der Waals surface area contributed by atoms with E-state index in [1.54, 1.807) is 0 Å². The maximum Gasteiger partial charge on any atom is 0.342 e. The minimum absolute atomic E-state index is 0.00141.